The summed E-state index contributed by atoms with van der Waals surface area (Å²) in [5.74, 6) is -0.109. The Labute approximate surface area is 150 Å². The maximum atomic E-state index is 12.1. The van der Waals surface area contributed by atoms with Gasteiger partial charge in [0.1, 0.15) is 25.2 Å². The molecular weight excluding hydrogens is 332 g/mol. The van der Waals surface area contributed by atoms with Crippen LogP contribution >= 0.6 is 0 Å². The van der Waals surface area contributed by atoms with Crippen molar-refractivity contribution >= 4 is 5.97 Å². The van der Waals surface area contributed by atoms with E-state index in [1.54, 1.807) is 12.1 Å². The molecule has 0 atom stereocenters. The summed E-state index contributed by atoms with van der Waals surface area (Å²) in [6.07, 6.45) is 1.24. The Morgan fingerprint density at radius 3 is 2.42 bits per heavy atom. The molecular formula is C21H18O5. The number of hydrogen-bond acceptors (Lipinski definition) is 5. The van der Waals surface area contributed by atoms with Gasteiger partial charge in [-0.2, -0.15) is 0 Å². The second-order valence-corrected chi connectivity index (χ2v) is 5.79. The Morgan fingerprint density at radius 1 is 1.00 bits per heavy atom. The summed E-state index contributed by atoms with van der Waals surface area (Å²) in [5.41, 5.74) is 2.12. The van der Waals surface area contributed by atoms with Crippen molar-refractivity contribution in [3.05, 3.63) is 99.6 Å². The highest BCUT2D eigenvalue weighted by atomic mass is 16.5. The highest BCUT2D eigenvalue weighted by Crippen LogP contribution is 2.11. The van der Waals surface area contributed by atoms with Crippen LogP contribution in [0.2, 0.25) is 0 Å². The molecule has 0 bridgehead atoms. The molecule has 26 heavy (non-hydrogen) atoms. The van der Waals surface area contributed by atoms with Crippen LogP contribution in [0.15, 0.2) is 76.1 Å². The zero-order valence-corrected chi connectivity index (χ0v) is 14.3. The van der Waals surface area contributed by atoms with Gasteiger partial charge in [0.25, 0.3) is 0 Å². The Bertz CT molecular complexity index is 927. The van der Waals surface area contributed by atoms with E-state index in [-0.39, 0.29) is 30.2 Å². The zero-order valence-electron chi connectivity index (χ0n) is 14.3. The number of carbonyl (C=O) groups is 1. The molecule has 0 aliphatic rings. The zero-order chi connectivity index (χ0) is 18.4. The van der Waals surface area contributed by atoms with Crippen molar-refractivity contribution < 1.29 is 18.7 Å². The van der Waals surface area contributed by atoms with Crippen LogP contribution in [-0.4, -0.2) is 5.97 Å². The number of carbonyl (C=O) groups excluding carboxylic acids is 1. The van der Waals surface area contributed by atoms with E-state index in [2.05, 4.69) is 0 Å². The summed E-state index contributed by atoms with van der Waals surface area (Å²) >= 11 is 0. The van der Waals surface area contributed by atoms with E-state index in [0.29, 0.717) is 5.56 Å². The van der Waals surface area contributed by atoms with Crippen LogP contribution in [0.4, 0.5) is 0 Å². The van der Waals surface area contributed by atoms with Gasteiger partial charge in [-0.1, -0.05) is 48.0 Å². The molecule has 5 nitrogen and oxygen atoms in total. The minimum atomic E-state index is -0.475. The quantitative estimate of drug-likeness (QED) is 0.631. The summed E-state index contributed by atoms with van der Waals surface area (Å²) in [6.45, 7) is 2.08. The van der Waals surface area contributed by atoms with Crippen molar-refractivity contribution in [3.8, 4) is 5.75 Å². The average molecular weight is 350 g/mol. The maximum absolute atomic E-state index is 12.1. The van der Waals surface area contributed by atoms with E-state index >= 15 is 0 Å². The third-order valence-corrected chi connectivity index (χ3v) is 3.72. The highest BCUT2D eigenvalue weighted by molar-refractivity contribution is 5.89. The van der Waals surface area contributed by atoms with Gasteiger partial charge in [0.2, 0.25) is 11.2 Å². The average Bonchev–Trinajstić information content (AvgIpc) is 2.67. The first-order chi connectivity index (χ1) is 12.6. The summed E-state index contributed by atoms with van der Waals surface area (Å²) in [4.78, 5) is 24.1. The van der Waals surface area contributed by atoms with Gasteiger partial charge in [0.15, 0.2) is 0 Å². The topological polar surface area (TPSA) is 65.7 Å². The van der Waals surface area contributed by atoms with Gasteiger partial charge in [-0.05, 0) is 24.6 Å². The highest BCUT2D eigenvalue weighted by Gasteiger charge is 2.10. The molecule has 0 saturated heterocycles. The number of rotatable bonds is 6. The van der Waals surface area contributed by atoms with Gasteiger partial charge in [0.05, 0.1) is 5.56 Å². The van der Waals surface area contributed by atoms with Crippen LogP contribution in [0.1, 0.15) is 27.2 Å². The van der Waals surface area contributed by atoms with Crippen LogP contribution in [0.5, 0.6) is 5.75 Å². The predicted octanol–water partition coefficient (Wildman–Crippen LogP) is 3.88. The monoisotopic (exact) mass is 350 g/mol. The molecule has 0 fully saturated rings. The predicted molar refractivity (Wildman–Crippen MR) is 96.1 cm³/mol. The lowest BCUT2D eigenvalue weighted by Gasteiger charge is -2.07. The van der Waals surface area contributed by atoms with Crippen molar-refractivity contribution in [3.63, 3.8) is 0 Å². The number of hydrogen-bond donors (Lipinski definition) is 0. The van der Waals surface area contributed by atoms with Crippen LogP contribution < -0.4 is 10.2 Å². The molecule has 0 spiro atoms. The SMILES string of the molecule is Cc1ccc(C(=O)OCc2cc(=O)c(OCc3ccccc3)co2)cc1. The van der Waals surface area contributed by atoms with E-state index in [1.807, 2.05) is 49.4 Å². The number of benzene rings is 2. The van der Waals surface area contributed by atoms with Crippen molar-refractivity contribution in [1.82, 2.24) is 0 Å². The lowest BCUT2D eigenvalue weighted by molar-refractivity contribution is 0.0442. The molecule has 0 radical (unpaired) electrons. The van der Waals surface area contributed by atoms with Crippen LogP contribution in [0.3, 0.4) is 0 Å². The van der Waals surface area contributed by atoms with Crippen molar-refractivity contribution in [2.45, 2.75) is 20.1 Å². The van der Waals surface area contributed by atoms with E-state index in [0.717, 1.165) is 11.1 Å². The van der Waals surface area contributed by atoms with Gasteiger partial charge >= 0.3 is 5.97 Å². The lowest BCUT2D eigenvalue weighted by atomic mass is 10.1. The molecule has 3 aromatic rings. The first-order valence-electron chi connectivity index (χ1n) is 8.14. The largest absolute Gasteiger partial charge is 0.482 e. The first kappa shape index (κ1) is 17.5. The Morgan fingerprint density at radius 2 is 1.73 bits per heavy atom. The molecule has 1 aromatic heterocycles. The van der Waals surface area contributed by atoms with Crippen LogP contribution in [-0.2, 0) is 18.0 Å². The molecule has 0 aliphatic heterocycles. The molecule has 2 aromatic carbocycles. The molecule has 3 rings (SSSR count). The second kappa shape index (κ2) is 8.16. The fraction of sp³-hybridized carbons (Fsp3) is 0.143. The Hall–Kier alpha value is -3.34. The first-order valence-corrected chi connectivity index (χ1v) is 8.14. The normalized spacial score (nSPS) is 10.3. The second-order valence-electron chi connectivity index (χ2n) is 5.79. The van der Waals surface area contributed by atoms with E-state index in [9.17, 15) is 9.59 Å². The summed E-state index contributed by atoms with van der Waals surface area (Å²) in [6, 6.07) is 17.8. The smallest absolute Gasteiger partial charge is 0.338 e. The minimum absolute atomic E-state index is 0.113. The van der Waals surface area contributed by atoms with Crippen molar-refractivity contribution in [2.75, 3.05) is 0 Å². The standard InChI is InChI=1S/C21H18O5/c1-15-7-9-17(10-8-15)21(23)26-13-18-11-19(22)20(14-24-18)25-12-16-5-3-2-4-6-16/h2-11,14H,12-13H2,1H3. The fourth-order valence-corrected chi connectivity index (χ4v) is 2.26. The summed E-state index contributed by atoms with van der Waals surface area (Å²) < 4.78 is 16.0. The Kier molecular flexibility index (Phi) is 5.49. The minimum Gasteiger partial charge on any atom is -0.482 e. The number of ether oxygens (including phenoxy) is 2. The molecule has 0 amide bonds. The van der Waals surface area contributed by atoms with E-state index in [4.69, 9.17) is 13.9 Å². The maximum Gasteiger partial charge on any atom is 0.338 e. The van der Waals surface area contributed by atoms with Crippen LogP contribution in [0, 0.1) is 6.92 Å². The third kappa shape index (κ3) is 4.60. The molecule has 132 valence electrons. The molecule has 5 heteroatoms. The molecule has 0 unspecified atom stereocenters. The van der Waals surface area contributed by atoms with E-state index in [1.165, 1.54) is 12.3 Å². The summed E-state index contributed by atoms with van der Waals surface area (Å²) in [7, 11) is 0. The molecule has 1 heterocycles. The van der Waals surface area contributed by atoms with E-state index < -0.39 is 5.97 Å². The number of esters is 1. The third-order valence-electron chi connectivity index (χ3n) is 3.72. The Balaban J connectivity index is 1.58. The van der Waals surface area contributed by atoms with Gasteiger partial charge in [-0.15, -0.1) is 0 Å². The van der Waals surface area contributed by atoms with Gasteiger partial charge < -0.3 is 13.9 Å². The fourth-order valence-electron chi connectivity index (χ4n) is 2.26. The van der Waals surface area contributed by atoms with Crippen LogP contribution in [0.25, 0.3) is 0 Å². The molecule has 0 aliphatic carbocycles. The molecule has 0 N–H and O–H groups in total. The van der Waals surface area contributed by atoms with Crippen molar-refractivity contribution in [1.29, 1.82) is 0 Å². The summed E-state index contributed by atoms with van der Waals surface area (Å²) in [5, 5.41) is 0. The van der Waals surface area contributed by atoms with Gasteiger partial charge in [0, 0.05) is 6.07 Å². The lowest BCUT2D eigenvalue weighted by Crippen LogP contribution is -2.10. The molecule has 0 saturated carbocycles. The number of aryl methyl sites for hydroxylation is 1. The van der Waals surface area contributed by atoms with Gasteiger partial charge in [-0.3, -0.25) is 4.79 Å². The van der Waals surface area contributed by atoms with Gasteiger partial charge in [-0.25, -0.2) is 4.79 Å². The van der Waals surface area contributed by atoms with Crippen molar-refractivity contribution in [2.24, 2.45) is 0 Å².